The number of aromatic nitrogens is 2. The molecule has 0 radical (unpaired) electrons. The van der Waals surface area contributed by atoms with Crippen LogP contribution in [0.3, 0.4) is 0 Å². The molecule has 3 nitrogen and oxygen atoms in total. The molecular weight excluding hydrogens is 306 g/mol. The average molecular weight is 326 g/mol. The van der Waals surface area contributed by atoms with E-state index in [1.54, 1.807) is 34.9 Å². The molecule has 1 aromatic heterocycles. The highest BCUT2D eigenvalue weighted by atomic mass is 32.2. The molecule has 2 rings (SSSR count). The van der Waals surface area contributed by atoms with Crippen molar-refractivity contribution in [2.45, 2.75) is 46.4 Å². The van der Waals surface area contributed by atoms with E-state index in [-0.39, 0.29) is 5.54 Å². The van der Waals surface area contributed by atoms with Gasteiger partial charge in [-0.05, 0) is 44.7 Å². The number of nitrogens with zero attached hydrogens (tertiary/aromatic N) is 2. The first-order valence-corrected chi connectivity index (χ1v) is 9.21. The summed E-state index contributed by atoms with van der Waals surface area (Å²) in [6, 6.07) is 8.62. The van der Waals surface area contributed by atoms with E-state index >= 15 is 0 Å². The molecule has 1 heterocycles. The van der Waals surface area contributed by atoms with Crippen LogP contribution >= 0.6 is 34.9 Å². The van der Waals surface area contributed by atoms with Gasteiger partial charge in [0.1, 0.15) is 0 Å². The molecule has 0 saturated carbocycles. The summed E-state index contributed by atoms with van der Waals surface area (Å²) in [7, 11) is 0. The topological polar surface area (TPSA) is 37.8 Å². The van der Waals surface area contributed by atoms with Gasteiger partial charge in [-0.25, -0.2) is 0 Å². The summed E-state index contributed by atoms with van der Waals surface area (Å²) in [6.45, 7) is 7.42. The zero-order valence-corrected chi connectivity index (χ0v) is 14.6. The van der Waals surface area contributed by atoms with Gasteiger partial charge in [-0.2, -0.15) is 0 Å². The van der Waals surface area contributed by atoms with Crippen LogP contribution in [0.25, 0.3) is 0 Å². The fraction of sp³-hybridized carbons (Fsp3) is 0.429. The molecule has 0 amide bonds. The molecule has 6 heteroatoms. The second-order valence-electron chi connectivity index (χ2n) is 5.39. The monoisotopic (exact) mass is 325 g/mol. The van der Waals surface area contributed by atoms with Crippen molar-refractivity contribution in [3.05, 3.63) is 29.8 Å². The Bertz CT molecular complexity index is 544. The first-order chi connectivity index (χ1) is 9.46. The summed E-state index contributed by atoms with van der Waals surface area (Å²) in [6.07, 6.45) is 2.02. The summed E-state index contributed by atoms with van der Waals surface area (Å²) in [4.78, 5) is 1.20. The molecule has 0 unspecified atom stereocenters. The Hall–Kier alpha value is -0.560. The third-order valence-electron chi connectivity index (χ3n) is 2.51. The summed E-state index contributed by atoms with van der Waals surface area (Å²) in [5, 5.41) is 11.8. The minimum absolute atomic E-state index is 0.147. The molecule has 0 aliphatic carbocycles. The largest absolute Gasteiger partial charge is 0.308 e. The Kier molecular flexibility index (Phi) is 5.49. The number of thioether (sulfide) groups is 1. The van der Waals surface area contributed by atoms with Crippen molar-refractivity contribution < 1.29 is 0 Å². The van der Waals surface area contributed by atoms with E-state index in [1.165, 1.54) is 10.5 Å². The molecule has 0 bridgehead atoms. The van der Waals surface area contributed by atoms with Gasteiger partial charge in [0.15, 0.2) is 8.68 Å². The van der Waals surface area contributed by atoms with Gasteiger partial charge in [0.05, 0.1) is 0 Å². The van der Waals surface area contributed by atoms with Gasteiger partial charge in [-0.1, -0.05) is 47.0 Å². The van der Waals surface area contributed by atoms with Crippen LogP contribution in [0.5, 0.6) is 0 Å². The standard InChI is InChI=1S/C14H19N3S3/c1-14(2,3)15-9-10-5-7-11(8-6-10)19-13-17-16-12(18-4)20-13/h5-8,15H,9H2,1-4H3. The summed E-state index contributed by atoms with van der Waals surface area (Å²) < 4.78 is 2.01. The van der Waals surface area contributed by atoms with Crippen LogP contribution < -0.4 is 5.32 Å². The van der Waals surface area contributed by atoms with Gasteiger partial charge in [-0.3, -0.25) is 0 Å². The number of nitrogens with one attached hydrogen (secondary N) is 1. The fourth-order valence-corrected chi connectivity index (χ4v) is 3.88. The van der Waals surface area contributed by atoms with Crippen molar-refractivity contribution >= 4 is 34.9 Å². The average Bonchev–Trinajstić information content (AvgIpc) is 2.85. The van der Waals surface area contributed by atoms with E-state index in [1.807, 2.05) is 6.26 Å². The molecule has 1 aromatic carbocycles. The van der Waals surface area contributed by atoms with Gasteiger partial charge in [0.2, 0.25) is 0 Å². The summed E-state index contributed by atoms with van der Waals surface area (Å²) >= 11 is 4.94. The van der Waals surface area contributed by atoms with Crippen molar-refractivity contribution in [3.8, 4) is 0 Å². The molecule has 0 aliphatic rings. The Labute approximate surface area is 133 Å². The highest BCUT2D eigenvalue weighted by Crippen LogP contribution is 2.32. The van der Waals surface area contributed by atoms with Crippen molar-refractivity contribution in [3.63, 3.8) is 0 Å². The van der Waals surface area contributed by atoms with E-state index in [4.69, 9.17) is 0 Å². The van der Waals surface area contributed by atoms with Crippen LogP contribution in [-0.4, -0.2) is 22.0 Å². The van der Waals surface area contributed by atoms with Crippen molar-refractivity contribution in [1.82, 2.24) is 15.5 Å². The lowest BCUT2D eigenvalue weighted by Gasteiger charge is -2.20. The highest BCUT2D eigenvalue weighted by Gasteiger charge is 2.09. The second kappa shape index (κ2) is 6.93. The lowest BCUT2D eigenvalue weighted by Crippen LogP contribution is -2.35. The number of benzene rings is 1. The molecule has 2 aromatic rings. The highest BCUT2D eigenvalue weighted by molar-refractivity contribution is 8.03. The number of hydrogen-bond donors (Lipinski definition) is 1. The van der Waals surface area contributed by atoms with Gasteiger partial charge in [-0.15, -0.1) is 10.2 Å². The SMILES string of the molecule is CSc1nnc(Sc2ccc(CNC(C)(C)C)cc2)s1. The van der Waals surface area contributed by atoms with E-state index in [0.29, 0.717) is 0 Å². The van der Waals surface area contributed by atoms with Crippen LogP contribution in [0.2, 0.25) is 0 Å². The maximum absolute atomic E-state index is 4.17. The zero-order chi connectivity index (χ0) is 14.6. The third kappa shape index (κ3) is 5.09. The van der Waals surface area contributed by atoms with Crippen LogP contribution in [0.1, 0.15) is 26.3 Å². The second-order valence-corrected chi connectivity index (χ2v) is 8.74. The summed E-state index contributed by atoms with van der Waals surface area (Å²) in [5.41, 5.74) is 1.44. The van der Waals surface area contributed by atoms with Gasteiger partial charge < -0.3 is 5.32 Å². The van der Waals surface area contributed by atoms with E-state index < -0.39 is 0 Å². The predicted octanol–water partition coefficient (Wildman–Crippen LogP) is 4.30. The maximum atomic E-state index is 4.17. The quantitative estimate of drug-likeness (QED) is 0.830. The van der Waals surface area contributed by atoms with Crippen molar-refractivity contribution in [1.29, 1.82) is 0 Å². The van der Waals surface area contributed by atoms with Gasteiger partial charge >= 0.3 is 0 Å². The smallest absolute Gasteiger partial charge is 0.179 e. The molecule has 0 aliphatic heterocycles. The maximum Gasteiger partial charge on any atom is 0.179 e. The van der Waals surface area contributed by atoms with Crippen LogP contribution in [0.15, 0.2) is 37.8 Å². The van der Waals surface area contributed by atoms with Crippen LogP contribution in [-0.2, 0) is 6.54 Å². The number of hydrogen-bond acceptors (Lipinski definition) is 6. The Morgan fingerprint density at radius 2 is 1.75 bits per heavy atom. The van der Waals surface area contributed by atoms with Crippen molar-refractivity contribution in [2.24, 2.45) is 0 Å². The molecular formula is C14H19N3S3. The Morgan fingerprint density at radius 3 is 2.30 bits per heavy atom. The normalized spacial score (nSPS) is 11.8. The van der Waals surface area contributed by atoms with Gasteiger partial charge in [0.25, 0.3) is 0 Å². The molecule has 0 spiro atoms. The van der Waals surface area contributed by atoms with E-state index in [2.05, 4.69) is 60.6 Å². The molecule has 108 valence electrons. The fourth-order valence-electron chi connectivity index (χ4n) is 1.46. The van der Waals surface area contributed by atoms with Crippen LogP contribution in [0, 0.1) is 0 Å². The minimum atomic E-state index is 0.147. The molecule has 0 saturated heterocycles. The molecule has 20 heavy (non-hydrogen) atoms. The van der Waals surface area contributed by atoms with E-state index in [0.717, 1.165) is 15.2 Å². The number of rotatable bonds is 5. The molecule has 1 N–H and O–H groups in total. The first-order valence-electron chi connectivity index (χ1n) is 6.35. The molecule has 0 atom stereocenters. The lowest BCUT2D eigenvalue weighted by atomic mass is 10.1. The van der Waals surface area contributed by atoms with E-state index in [9.17, 15) is 0 Å². The Morgan fingerprint density at radius 1 is 1.10 bits per heavy atom. The van der Waals surface area contributed by atoms with Gasteiger partial charge in [0, 0.05) is 17.0 Å². The predicted molar refractivity (Wildman–Crippen MR) is 88.8 cm³/mol. The Balaban J connectivity index is 1.94. The minimum Gasteiger partial charge on any atom is -0.308 e. The third-order valence-corrected chi connectivity index (χ3v) is 5.47. The summed E-state index contributed by atoms with van der Waals surface area (Å²) in [5.74, 6) is 0. The first kappa shape index (κ1) is 15.8. The molecule has 0 fully saturated rings. The van der Waals surface area contributed by atoms with Crippen molar-refractivity contribution in [2.75, 3.05) is 6.26 Å². The zero-order valence-electron chi connectivity index (χ0n) is 12.1. The van der Waals surface area contributed by atoms with Crippen LogP contribution in [0.4, 0.5) is 0 Å². The lowest BCUT2D eigenvalue weighted by molar-refractivity contribution is 0.424.